The normalized spacial score (nSPS) is 28.1. The third kappa shape index (κ3) is 2.69. The van der Waals surface area contributed by atoms with Crippen molar-refractivity contribution in [2.75, 3.05) is 0 Å². The summed E-state index contributed by atoms with van der Waals surface area (Å²) in [6.07, 6.45) is 5.90. The zero-order chi connectivity index (χ0) is 13.3. The fraction of sp³-hybridized carbons (Fsp3) is 0.263. The average Bonchev–Trinajstić information content (AvgIpc) is 2.80. The smallest absolute Gasteiger partial charge is 0.0115 e. The Balaban J connectivity index is 0.00000147. The summed E-state index contributed by atoms with van der Waals surface area (Å²) >= 11 is 0. The fourth-order valence-corrected chi connectivity index (χ4v) is 3.28. The summed E-state index contributed by atoms with van der Waals surface area (Å²) in [6, 6.07) is 21.6. The van der Waals surface area contributed by atoms with E-state index < -0.39 is 0 Å². The van der Waals surface area contributed by atoms with E-state index >= 15 is 0 Å². The number of hydrogen-bond acceptors (Lipinski definition) is 0. The van der Waals surface area contributed by atoms with Crippen molar-refractivity contribution in [2.45, 2.75) is 31.1 Å². The molecular weight excluding hydrogens is 355 g/mol. The standard InChI is InChI=1S/C19H20.HI/c1-18(16-9-5-3-6-10-16)13-14-19(2,15-18)17-11-7-4-8-12-17;/h3-14H,15H2,1-2H3;1H. The molecule has 0 saturated heterocycles. The van der Waals surface area contributed by atoms with Gasteiger partial charge in [-0.25, -0.2) is 0 Å². The molecule has 0 saturated carbocycles. The van der Waals surface area contributed by atoms with E-state index in [4.69, 9.17) is 0 Å². The monoisotopic (exact) mass is 376 g/mol. The molecule has 3 rings (SSSR count). The molecule has 0 fully saturated rings. The van der Waals surface area contributed by atoms with Crippen LogP contribution < -0.4 is 0 Å². The molecule has 0 spiro atoms. The number of rotatable bonds is 2. The van der Waals surface area contributed by atoms with Gasteiger partial charge < -0.3 is 0 Å². The van der Waals surface area contributed by atoms with Crippen LogP contribution in [0.1, 0.15) is 31.4 Å². The molecule has 1 aliphatic rings. The van der Waals surface area contributed by atoms with Crippen LogP contribution in [0.3, 0.4) is 0 Å². The van der Waals surface area contributed by atoms with Crippen molar-refractivity contribution < 1.29 is 0 Å². The zero-order valence-electron chi connectivity index (χ0n) is 12.0. The highest BCUT2D eigenvalue weighted by Crippen LogP contribution is 2.46. The molecule has 2 aromatic carbocycles. The van der Waals surface area contributed by atoms with Crippen molar-refractivity contribution in [1.82, 2.24) is 0 Å². The molecule has 2 atom stereocenters. The predicted molar refractivity (Wildman–Crippen MR) is 96.8 cm³/mol. The topological polar surface area (TPSA) is 0 Å². The van der Waals surface area contributed by atoms with Gasteiger partial charge in [-0.2, -0.15) is 0 Å². The summed E-state index contributed by atoms with van der Waals surface area (Å²) in [5, 5.41) is 0. The van der Waals surface area contributed by atoms with E-state index in [2.05, 4.69) is 86.7 Å². The number of halogens is 1. The maximum absolute atomic E-state index is 2.38. The molecule has 20 heavy (non-hydrogen) atoms. The molecule has 2 unspecified atom stereocenters. The average molecular weight is 376 g/mol. The second kappa shape index (κ2) is 5.72. The highest BCUT2D eigenvalue weighted by molar-refractivity contribution is 14.0. The molecule has 104 valence electrons. The van der Waals surface area contributed by atoms with Gasteiger partial charge in [-0.1, -0.05) is 86.7 Å². The maximum Gasteiger partial charge on any atom is 0.0115 e. The molecular formula is C19H21I. The first kappa shape index (κ1) is 15.3. The van der Waals surface area contributed by atoms with Crippen LogP contribution in [0.4, 0.5) is 0 Å². The fourth-order valence-electron chi connectivity index (χ4n) is 3.28. The third-order valence-electron chi connectivity index (χ3n) is 4.42. The minimum absolute atomic E-state index is 0. The molecule has 0 bridgehead atoms. The Hall–Kier alpha value is -1.09. The van der Waals surface area contributed by atoms with Gasteiger partial charge in [0.05, 0.1) is 0 Å². The lowest BCUT2D eigenvalue weighted by Gasteiger charge is -2.30. The van der Waals surface area contributed by atoms with Crippen molar-refractivity contribution >= 4 is 24.0 Å². The number of benzene rings is 2. The van der Waals surface area contributed by atoms with Gasteiger partial charge in [0.2, 0.25) is 0 Å². The first-order valence-corrected chi connectivity index (χ1v) is 6.94. The molecule has 0 aromatic heterocycles. The van der Waals surface area contributed by atoms with Crippen LogP contribution in [0.5, 0.6) is 0 Å². The molecule has 1 aliphatic carbocycles. The Kier molecular flexibility index (Phi) is 4.38. The summed E-state index contributed by atoms with van der Waals surface area (Å²) in [5.41, 5.74) is 3.11. The van der Waals surface area contributed by atoms with Crippen LogP contribution >= 0.6 is 24.0 Å². The van der Waals surface area contributed by atoms with Gasteiger partial charge in [0.15, 0.2) is 0 Å². The Morgan fingerprint density at radius 1 is 0.650 bits per heavy atom. The molecule has 1 heteroatoms. The summed E-state index contributed by atoms with van der Waals surface area (Å²) < 4.78 is 0. The SMILES string of the molecule is CC1(c2ccccc2)C=CC(C)(c2ccccc2)C1.I. The summed E-state index contributed by atoms with van der Waals surface area (Å²) in [7, 11) is 0. The maximum atomic E-state index is 2.38. The first-order chi connectivity index (χ1) is 9.12. The second-order valence-corrected chi connectivity index (χ2v) is 6.08. The first-order valence-electron chi connectivity index (χ1n) is 6.94. The van der Waals surface area contributed by atoms with Crippen molar-refractivity contribution in [2.24, 2.45) is 0 Å². The third-order valence-corrected chi connectivity index (χ3v) is 4.42. The van der Waals surface area contributed by atoms with Gasteiger partial charge >= 0.3 is 0 Å². The largest absolute Gasteiger partial charge is 0.107 e. The van der Waals surface area contributed by atoms with Crippen LogP contribution in [0.2, 0.25) is 0 Å². The van der Waals surface area contributed by atoms with Crippen LogP contribution in [-0.4, -0.2) is 0 Å². The Labute approximate surface area is 138 Å². The lowest BCUT2D eigenvalue weighted by atomic mass is 9.73. The van der Waals surface area contributed by atoms with Gasteiger partial charge in [-0.05, 0) is 17.5 Å². The quantitative estimate of drug-likeness (QED) is 0.481. The van der Waals surface area contributed by atoms with Crippen molar-refractivity contribution in [1.29, 1.82) is 0 Å². The van der Waals surface area contributed by atoms with Gasteiger partial charge in [0, 0.05) is 10.8 Å². The molecule has 0 nitrogen and oxygen atoms in total. The van der Waals surface area contributed by atoms with Crippen LogP contribution in [0.15, 0.2) is 72.8 Å². The van der Waals surface area contributed by atoms with E-state index in [0.717, 1.165) is 6.42 Å². The van der Waals surface area contributed by atoms with Gasteiger partial charge in [-0.3, -0.25) is 0 Å². The van der Waals surface area contributed by atoms with Gasteiger partial charge in [0.1, 0.15) is 0 Å². The van der Waals surface area contributed by atoms with Crippen molar-refractivity contribution in [3.05, 3.63) is 83.9 Å². The van der Waals surface area contributed by atoms with Gasteiger partial charge in [0.25, 0.3) is 0 Å². The number of hydrogen-bond donors (Lipinski definition) is 0. The highest BCUT2D eigenvalue weighted by atomic mass is 127. The van der Waals surface area contributed by atoms with E-state index in [1.807, 2.05) is 0 Å². The van der Waals surface area contributed by atoms with E-state index in [9.17, 15) is 0 Å². The summed E-state index contributed by atoms with van der Waals surface area (Å²) in [5.74, 6) is 0. The van der Waals surface area contributed by atoms with Crippen molar-refractivity contribution in [3.8, 4) is 0 Å². The summed E-state index contributed by atoms with van der Waals surface area (Å²) in [6.45, 7) is 4.68. The van der Waals surface area contributed by atoms with Crippen LogP contribution in [0.25, 0.3) is 0 Å². The van der Waals surface area contributed by atoms with E-state index in [1.54, 1.807) is 0 Å². The van der Waals surface area contributed by atoms with Crippen molar-refractivity contribution in [3.63, 3.8) is 0 Å². The number of allylic oxidation sites excluding steroid dienone is 2. The summed E-state index contributed by atoms with van der Waals surface area (Å²) in [4.78, 5) is 0. The molecule has 0 heterocycles. The van der Waals surface area contributed by atoms with E-state index in [1.165, 1.54) is 11.1 Å². The highest BCUT2D eigenvalue weighted by Gasteiger charge is 2.39. The predicted octanol–water partition coefficient (Wildman–Crippen LogP) is 5.48. The van der Waals surface area contributed by atoms with Crippen LogP contribution in [0, 0.1) is 0 Å². The minimum atomic E-state index is 0. The Morgan fingerprint density at radius 2 is 1.00 bits per heavy atom. The zero-order valence-corrected chi connectivity index (χ0v) is 14.4. The van der Waals surface area contributed by atoms with E-state index in [0.29, 0.717) is 0 Å². The molecule has 0 aliphatic heterocycles. The molecule has 0 N–H and O–H groups in total. The minimum Gasteiger partial charge on any atom is -0.107 e. The Bertz CT molecular complexity index is 534. The Morgan fingerprint density at radius 3 is 1.35 bits per heavy atom. The second-order valence-electron chi connectivity index (χ2n) is 6.08. The molecule has 0 amide bonds. The molecule has 2 aromatic rings. The lowest BCUT2D eigenvalue weighted by molar-refractivity contribution is 0.455. The van der Waals surface area contributed by atoms with E-state index in [-0.39, 0.29) is 34.8 Å². The molecule has 0 radical (unpaired) electrons. The van der Waals surface area contributed by atoms with Crippen LogP contribution in [-0.2, 0) is 10.8 Å². The lowest BCUT2D eigenvalue weighted by Crippen LogP contribution is -2.25. The van der Waals surface area contributed by atoms with Gasteiger partial charge in [-0.15, -0.1) is 24.0 Å².